The maximum absolute atomic E-state index is 2.31. The summed E-state index contributed by atoms with van der Waals surface area (Å²) in [5.41, 5.74) is 0. The largest absolute Gasteiger partial charge is 0.0917 e. The highest BCUT2D eigenvalue weighted by molar-refractivity contribution is 4.76. The van der Waals surface area contributed by atoms with Crippen LogP contribution in [-0.2, 0) is 0 Å². The lowest BCUT2D eigenvalue weighted by atomic mass is 10.0. The van der Waals surface area contributed by atoms with Crippen molar-refractivity contribution in [3.63, 3.8) is 0 Å². The Labute approximate surface area is 78.1 Å². The fourth-order valence-electron chi connectivity index (χ4n) is 1.33. The molecule has 0 saturated heterocycles. The molecule has 0 bridgehead atoms. The monoisotopic (exact) mass is 168 g/mol. The van der Waals surface area contributed by atoms with Gasteiger partial charge in [-0.05, 0) is 25.7 Å². The molecule has 12 heavy (non-hydrogen) atoms. The van der Waals surface area contributed by atoms with E-state index in [4.69, 9.17) is 0 Å². The first-order valence-electron chi connectivity index (χ1n) is 5.38. The zero-order valence-electron chi connectivity index (χ0n) is 8.97. The summed E-state index contributed by atoms with van der Waals surface area (Å²) in [4.78, 5) is 0. The van der Waals surface area contributed by atoms with Crippen molar-refractivity contribution in [1.29, 1.82) is 0 Å². The van der Waals surface area contributed by atoms with E-state index in [9.17, 15) is 0 Å². The second-order valence-corrected chi connectivity index (χ2v) is 3.95. The van der Waals surface area contributed by atoms with Crippen LogP contribution in [0.2, 0.25) is 0 Å². The third-order valence-electron chi connectivity index (χ3n) is 2.14. The van der Waals surface area contributed by atoms with Gasteiger partial charge in [0.1, 0.15) is 0 Å². The molecule has 72 valence electrons. The molecule has 0 aliphatic heterocycles. The lowest BCUT2D eigenvalue weighted by Gasteiger charge is -2.02. The summed E-state index contributed by atoms with van der Waals surface area (Å²) < 4.78 is 0. The molecule has 0 radical (unpaired) electrons. The van der Waals surface area contributed by atoms with E-state index in [-0.39, 0.29) is 0 Å². The molecule has 0 unspecified atom stereocenters. The molecule has 0 amide bonds. The van der Waals surface area contributed by atoms with Crippen LogP contribution in [0.15, 0.2) is 12.2 Å². The van der Waals surface area contributed by atoms with Gasteiger partial charge in [-0.15, -0.1) is 0 Å². The summed E-state index contributed by atoms with van der Waals surface area (Å²) in [6.45, 7) is 6.71. The van der Waals surface area contributed by atoms with E-state index in [1.807, 2.05) is 0 Å². The van der Waals surface area contributed by atoms with Crippen LogP contribution in [0, 0.1) is 5.92 Å². The van der Waals surface area contributed by atoms with Crippen LogP contribution in [-0.4, -0.2) is 0 Å². The number of hydrogen-bond acceptors (Lipinski definition) is 0. The molecule has 0 heterocycles. The molecule has 0 N–H and O–H groups in total. The van der Waals surface area contributed by atoms with Crippen LogP contribution in [0.5, 0.6) is 0 Å². The van der Waals surface area contributed by atoms with Gasteiger partial charge in [0.05, 0.1) is 0 Å². The van der Waals surface area contributed by atoms with Crippen LogP contribution in [0.25, 0.3) is 0 Å². The highest BCUT2D eigenvalue weighted by atomic mass is 14.0. The van der Waals surface area contributed by atoms with Crippen molar-refractivity contribution >= 4 is 0 Å². The summed E-state index contributed by atoms with van der Waals surface area (Å²) >= 11 is 0. The molecular formula is C12H24. The van der Waals surface area contributed by atoms with Crippen molar-refractivity contribution < 1.29 is 0 Å². The fraction of sp³-hybridized carbons (Fsp3) is 0.833. The van der Waals surface area contributed by atoms with Gasteiger partial charge in [0.25, 0.3) is 0 Å². The second kappa shape index (κ2) is 8.83. The minimum absolute atomic E-state index is 0.889. The molecule has 0 aromatic carbocycles. The first-order chi connectivity index (χ1) is 5.77. The van der Waals surface area contributed by atoms with Crippen molar-refractivity contribution in [2.75, 3.05) is 0 Å². The van der Waals surface area contributed by atoms with Gasteiger partial charge in [-0.2, -0.15) is 0 Å². The zero-order valence-corrected chi connectivity index (χ0v) is 8.97. The van der Waals surface area contributed by atoms with Crippen LogP contribution in [0.3, 0.4) is 0 Å². The average Bonchev–Trinajstić information content (AvgIpc) is 2.02. The minimum Gasteiger partial charge on any atom is -0.0917 e. The standard InChI is InChI=1S/C12H24/c1-4-5-6-7-8-9-10-11-12(2)3/h4-5,12H,6-11H2,1-3H3. The predicted octanol–water partition coefficient (Wildman–Crippen LogP) is 4.56. The number of hydrogen-bond donors (Lipinski definition) is 0. The molecule has 0 spiro atoms. The zero-order chi connectivity index (χ0) is 9.23. The summed E-state index contributed by atoms with van der Waals surface area (Å²) in [6.07, 6.45) is 12.7. The van der Waals surface area contributed by atoms with Crippen molar-refractivity contribution in [1.82, 2.24) is 0 Å². The van der Waals surface area contributed by atoms with Crippen LogP contribution < -0.4 is 0 Å². The Morgan fingerprint density at radius 2 is 1.67 bits per heavy atom. The van der Waals surface area contributed by atoms with Crippen molar-refractivity contribution in [3.05, 3.63) is 12.2 Å². The van der Waals surface area contributed by atoms with E-state index in [1.165, 1.54) is 38.5 Å². The van der Waals surface area contributed by atoms with Gasteiger partial charge >= 0.3 is 0 Å². The number of unbranched alkanes of at least 4 members (excludes halogenated alkanes) is 4. The highest BCUT2D eigenvalue weighted by Gasteiger charge is 1.93. The first-order valence-corrected chi connectivity index (χ1v) is 5.38. The second-order valence-electron chi connectivity index (χ2n) is 3.95. The predicted molar refractivity (Wildman–Crippen MR) is 57.4 cm³/mol. The van der Waals surface area contributed by atoms with Crippen LogP contribution in [0.1, 0.15) is 59.3 Å². The van der Waals surface area contributed by atoms with Crippen LogP contribution in [0.4, 0.5) is 0 Å². The number of rotatable bonds is 7. The summed E-state index contributed by atoms with van der Waals surface area (Å²) in [5, 5.41) is 0. The molecule has 0 aromatic heterocycles. The fourth-order valence-corrected chi connectivity index (χ4v) is 1.33. The van der Waals surface area contributed by atoms with Gasteiger partial charge in [0.2, 0.25) is 0 Å². The Morgan fingerprint density at radius 1 is 1.00 bits per heavy atom. The molecular weight excluding hydrogens is 144 g/mol. The Kier molecular flexibility index (Phi) is 8.64. The van der Waals surface area contributed by atoms with Gasteiger partial charge in [-0.3, -0.25) is 0 Å². The lowest BCUT2D eigenvalue weighted by molar-refractivity contribution is 0.521. The van der Waals surface area contributed by atoms with Crippen LogP contribution >= 0.6 is 0 Å². The van der Waals surface area contributed by atoms with E-state index in [0.717, 1.165) is 5.92 Å². The smallest absolute Gasteiger partial charge is 0.0351 e. The Hall–Kier alpha value is -0.260. The van der Waals surface area contributed by atoms with E-state index in [2.05, 4.69) is 32.9 Å². The van der Waals surface area contributed by atoms with E-state index in [0.29, 0.717) is 0 Å². The molecule has 0 nitrogen and oxygen atoms in total. The van der Waals surface area contributed by atoms with E-state index < -0.39 is 0 Å². The Bertz CT molecular complexity index is 101. The lowest BCUT2D eigenvalue weighted by Crippen LogP contribution is -1.86. The molecule has 0 fully saturated rings. The van der Waals surface area contributed by atoms with Gasteiger partial charge < -0.3 is 0 Å². The maximum Gasteiger partial charge on any atom is -0.0351 e. The third-order valence-corrected chi connectivity index (χ3v) is 2.14. The topological polar surface area (TPSA) is 0 Å². The van der Waals surface area contributed by atoms with E-state index >= 15 is 0 Å². The van der Waals surface area contributed by atoms with Crippen molar-refractivity contribution in [3.8, 4) is 0 Å². The molecule has 0 aromatic rings. The highest BCUT2D eigenvalue weighted by Crippen LogP contribution is 2.10. The van der Waals surface area contributed by atoms with Gasteiger partial charge in [-0.25, -0.2) is 0 Å². The third kappa shape index (κ3) is 9.74. The SMILES string of the molecule is CC=CCCCCCCC(C)C. The molecule has 0 rings (SSSR count). The summed E-state index contributed by atoms with van der Waals surface area (Å²) in [5.74, 6) is 0.889. The average molecular weight is 168 g/mol. The Morgan fingerprint density at radius 3 is 2.25 bits per heavy atom. The summed E-state index contributed by atoms with van der Waals surface area (Å²) in [7, 11) is 0. The Balaban J connectivity index is 2.91. The van der Waals surface area contributed by atoms with Crippen molar-refractivity contribution in [2.24, 2.45) is 5.92 Å². The normalized spacial score (nSPS) is 11.7. The molecule has 0 atom stereocenters. The van der Waals surface area contributed by atoms with E-state index in [1.54, 1.807) is 0 Å². The maximum atomic E-state index is 2.31. The number of allylic oxidation sites excluding steroid dienone is 2. The summed E-state index contributed by atoms with van der Waals surface area (Å²) in [6, 6.07) is 0. The van der Waals surface area contributed by atoms with Crippen molar-refractivity contribution in [2.45, 2.75) is 59.3 Å². The molecule has 0 aliphatic carbocycles. The van der Waals surface area contributed by atoms with Gasteiger partial charge in [0, 0.05) is 0 Å². The molecule has 0 saturated carbocycles. The molecule has 0 aliphatic rings. The van der Waals surface area contributed by atoms with Gasteiger partial charge in [0.15, 0.2) is 0 Å². The minimum atomic E-state index is 0.889. The molecule has 0 heteroatoms. The first kappa shape index (κ1) is 11.7. The quantitative estimate of drug-likeness (QED) is 0.386. The van der Waals surface area contributed by atoms with Gasteiger partial charge in [-0.1, -0.05) is 51.7 Å².